The Kier molecular flexibility index (Phi) is 3.88. The van der Waals surface area contributed by atoms with Crippen LogP contribution in [0.1, 0.15) is 29.8 Å². The van der Waals surface area contributed by atoms with Gasteiger partial charge in [-0.25, -0.2) is 4.79 Å². The quantitative estimate of drug-likeness (QED) is 0.628. The molecule has 0 N–H and O–H groups in total. The Balaban J connectivity index is 1.58. The molecule has 1 aromatic heterocycles. The zero-order chi connectivity index (χ0) is 15.0. The Bertz CT molecular complexity index is 543. The number of likely N-dealkylation sites (tertiary alicyclic amines) is 1. The summed E-state index contributed by atoms with van der Waals surface area (Å²) < 4.78 is 9.58. The summed E-state index contributed by atoms with van der Waals surface area (Å²) in [4.78, 5) is 25.9. The van der Waals surface area contributed by atoms with Crippen molar-refractivity contribution < 1.29 is 18.7 Å². The van der Waals surface area contributed by atoms with Crippen LogP contribution in [-0.4, -0.2) is 40.3 Å². The molecule has 2 aliphatic rings. The van der Waals surface area contributed by atoms with E-state index in [1.165, 1.54) is 11.2 Å². The van der Waals surface area contributed by atoms with E-state index in [2.05, 4.69) is 0 Å². The van der Waals surface area contributed by atoms with Gasteiger partial charge in [-0.15, -0.1) is 23.2 Å². The smallest absolute Gasteiger partial charge is 0.328 e. The minimum Gasteiger partial charge on any atom is -0.464 e. The predicted octanol–water partition coefficient (Wildman–Crippen LogP) is 2.62. The lowest BCUT2D eigenvalue weighted by Gasteiger charge is -2.22. The Labute approximate surface area is 132 Å². The second-order valence-electron chi connectivity index (χ2n) is 5.43. The van der Waals surface area contributed by atoms with Crippen LogP contribution in [0.25, 0.3) is 0 Å². The molecule has 1 aliphatic carbocycles. The second-order valence-corrected chi connectivity index (χ2v) is 6.97. The standard InChI is InChI=1S/C14H15Cl2NO4/c15-14(16)7-9(14)8-21-13(19)10-3-1-5-17(10)12(18)11-4-2-6-20-11/h2,4,6,9-10H,1,3,5,7-8H2/t9-,10-/m1/s1. The number of furan rings is 1. The third kappa shape index (κ3) is 3.04. The lowest BCUT2D eigenvalue weighted by atomic mass is 10.2. The van der Waals surface area contributed by atoms with Crippen molar-refractivity contribution in [1.82, 2.24) is 4.90 Å². The van der Waals surface area contributed by atoms with Crippen LogP contribution in [0.15, 0.2) is 22.8 Å². The van der Waals surface area contributed by atoms with Crippen LogP contribution in [0, 0.1) is 5.92 Å². The summed E-state index contributed by atoms with van der Waals surface area (Å²) in [5, 5.41) is 0. The molecular formula is C14H15Cl2NO4. The molecule has 0 bridgehead atoms. The van der Waals surface area contributed by atoms with Gasteiger partial charge in [0.25, 0.3) is 5.91 Å². The molecule has 1 saturated carbocycles. The molecule has 5 nitrogen and oxygen atoms in total. The SMILES string of the molecule is O=C(OC[C@H]1CC1(Cl)Cl)[C@H]1CCCN1C(=O)c1ccco1. The minimum atomic E-state index is -0.764. The second kappa shape index (κ2) is 5.54. The molecule has 7 heteroatoms. The van der Waals surface area contributed by atoms with Gasteiger partial charge >= 0.3 is 5.97 Å². The largest absolute Gasteiger partial charge is 0.464 e. The highest BCUT2D eigenvalue weighted by atomic mass is 35.5. The van der Waals surface area contributed by atoms with Gasteiger partial charge in [0, 0.05) is 12.5 Å². The molecule has 2 heterocycles. The molecule has 2 atom stereocenters. The van der Waals surface area contributed by atoms with Crippen molar-refractivity contribution in [3.8, 4) is 0 Å². The number of nitrogens with zero attached hydrogens (tertiary/aromatic N) is 1. The number of hydrogen-bond donors (Lipinski definition) is 0. The molecule has 0 aromatic carbocycles. The van der Waals surface area contributed by atoms with E-state index in [0.717, 1.165) is 6.42 Å². The number of rotatable bonds is 4. The molecule has 0 spiro atoms. The van der Waals surface area contributed by atoms with Gasteiger partial charge in [0.15, 0.2) is 5.76 Å². The van der Waals surface area contributed by atoms with Crippen LogP contribution < -0.4 is 0 Å². The maximum absolute atomic E-state index is 12.3. The topological polar surface area (TPSA) is 59.8 Å². The molecule has 21 heavy (non-hydrogen) atoms. The van der Waals surface area contributed by atoms with Gasteiger partial charge in [-0.1, -0.05) is 0 Å². The molecule has 1 amide bonds. The number of hydrogen-bond acceptors (Lipinski definition) is 4. The average molecular weight is 332 g/mol. The lowest BCUT2D eigenvalue weighted by Crippen LogP contribution is -2.41. The average Bonchev–Trinajstić information content (AvgIpc) is 2.93. The van der Waals surface area contributed by atoms with E-state index in [1.807, 2.05) is 0 Å². The summed E-state index contributed by atoms with van der Waals surface area (Å²) in [5.41, 5.74) is 0. The van der Waals surface area contributed by atoms with E-state index in [9.17, 15) is 9.59 Å². The van der Waals surface area contributed by atoms with E-state index in [0.29, 0.717) is 19.4 Å². The predicted molar refractivity (Wildman–Crippen MR) is 76.3 cm³/mol. The fourth-order valence-electron chi connectivity index (χ4n) is 2.53. The van der Waals surface area contributed by atoms with Crippen molar-refractivity contribution in [3.63, 3.8) is 0 Å². The van der Waals surface area contributed by atoms with Gasteiger partial charge in [0.05, 0.1) is 12.9 Å². The monoisotopic (exact) mass is 331 g/mol. The first-order chi connectivity index (χ1) is 9.99. The highest BCUT2D eigenvalue weighted by molar-refractivity contribution is 6.50. The summed E-state index contributed by atoms with van der Waals surface area (Å²) in [6.07, 6.45) is 3.43. The zero-order valence-electron chi connectivity index (χ0n) is 11.3. The van der Waals surface area contributed by atoms with Gasteiger partial charge < -0.3 is 14.1 Å². The number of esters is 1. The van der Waals surface area contributed by atoms with Crippen molar-refractivity contribution in [2.75, 3.05) is 13.2 Å². The summed E-state index contributed by atoms with van der Waals surface area (Å²) in [5.74, 6) is -0.462. The van der Waals surface area contributed by atoms with Gasteiger partial charge in [0.2, 0.25) is 0 Å². The summed E-state index contributed by atoms with van der Waals surface area (Å²) in [6, 6.07) is 2.67. The van der Waals surface area contributed by atoms with Crippen molar-refractivity contribution in [2.24, 2.45) is 5.92 Å². The summed E-state index contributed by atoms with van der Waals surface area (Å²) >= 11 is 11.8. The Morgan fingerprint density at radius 3 is 2.86 bits per heavy atom. The number of carbonyl (C=O) groups excluding carboxylic acids is 2. The number of halogens is 2. The third-order valence-electron chi connectivity index (χ3n) is 3.90. The van der Waals surface area contributed by atoms with Crippen molar-refractivity contribution in [3.05, 3.63) is 24.2 Å². The number of amides is 1. The summed E-state index contributed by atoms with van der Waals surface area (Å²) in [7, 11) is 0. The van der Waals surface area contributed by atoms with E-state index >= 15 is 0 Å². The van der Waals surface area contributed by atoms with E-state index in [1.54, 1.807) is 12.1 Å². The van der Waals surface area contributed by atoms with Crippen LogP contribution in [0.4, 0.5) is 0 Å². The van der Waals surface area contributed by atoms with Crippen LogP contribution in [0.2, 0.25) is 0 Å². The summed E-state index contributed by atoms with van der Waals surface area (Å²) in [6.45, 7) is 0.725. The Hall–Kier alpha value is -1.20. The van der Waals surface area contributed by atoms with Crippen LogP contribution in [0.5, 0.6) is 0 Å². The maximum Gasteiger partial charge on any atom is 0.328 e. The molecule has 1 aromatic rings. The first kappa shape index (κ1) is 14.7. The minimum absolute atomic E-state index is 0.0135. The van der Waals surface area contributed by atoms with Gasteiger partial charge in [-0.2, -0.15) is 0 Å². The third-order valence-corrected chi connectivity index (χ3v) is 4.83. The van der Waals surface area contributed by atoms with Gasteiger partial charge in [0.1, 0.15) is 10.4 Å². The molecule has 0 radical (unpaired) electrons. The normalized spacial score (nSPS) is 26.7. The Morgan fingerprint density at radius 1 is 1.48 bits per heavy atom. The molecule has 1 saturated heterocycles. The number of alkyl halides is 2. The van der Waals surface area contributed by atoms with E-state index < -0.39 is 16.3 Å². The first-order valence-corrected chi connectivity index (χ1v) is 7.63. The van der Waals surface area contributed by atoms with Crippen LogP contribution >= 0.6 is 23.2 Å². The molecule has 114 valence electrons. The zero-order valence-corrected chi connectivity index (χ0v) is 12.8. The molecule has 0 unspecified atom stereocenters. The van der Waals surface area contributed by atoms with E-state index in [4.69, 9.17) is 32.4 Å². The van der Waals surface area contributed by atoms with Crippen molar-refractivity contribution >= 4 is 35.1 Å². The lowest BCUT2D eigenvalue weighted by molar-refractivity contribution is -0.148. The highest BCUT2D eigenvalue weighted by Gasteiger charge is 2.52. The van der Waals surface area contributed by atoms with E-state index in [-0.39, 0.29) is 24.2 Å². The molecule has 3 rings (SSSR count). The fraction of sp³-hybridized carbons (Fsp3) is 0.571. The van der Waals surface area contributed by atoms with Gasteiger partial charge in [-0.3, -0.25) is 4.79 Å². The van der Waals surface area contributed by atoms with Crippen LogP contribution in [-0.2, 0) is 9.53 Å². The molecule has 1 aliphatic heterocycles. The molecule has 2 fully saturated rings. The van der Waals surface area contributed by atoms with Crippen molar-refractivity contribution in [2.45, 2.75) is 29.6 Å². The highest BCUT2D eigenvalue weighted by Crippen LogP contribution is 2.53. The maximum atomic E-state index is 12.3. The Morgan fingerprint density at radius 2 is 2.24 bits per heavy atom. The fourth-order valence-corrected chi connectivity index (χ4v) is 3.02. The number of carbonyl (C=O) groups is 2. The van der Waals surface area contributed by atoms with Crippen molar-refractivity contribution in [1.29, 1.82) is 0 Å². The van der Waals surface area contributed by atoms with Gasteiger partial charge in [-0.05, 0) is 31.4 Å². The van der Waals surface area contributed by atoms with Crippen LogP contribution in [0.3, 0.4) is 0 Å². The molecular weight excluding hydrogens is 317 g/mol. The number of ether oxygens (including phenoxy) is 1. The first-order valence-electron chi connectivity index (χ1n) is 6.88.